The van der Waals surface area contributed by atoms with Gasteiger partial charge in [-0.2, -0.15) is 0 Å². The number of carbonyl (C=O) groups is 1. The van der Waals surface area contributed by atoms with Crippen LogP contribution in [0.5, 0.6) is 0 Å². The maximum atomic E-state index is 12.6. The molecule has 1 amide bonds. The van der Waals surface area contributed by atoms with Crippen LogP contribution in [0.4, 0.5) is 0 Å². The van der Waals surface area contributed by atoms with E-state index in [4.69, 9.17) is 0 Å². The molecule has 0 saturated carbocycles. The largest absolute Gasteiger partial charge is 0.358 e. The van der Waals surface area contributed by atoms with E-state index >= 15 is 0 Å². The van der Waals surface area contributed by atoms with Crippen molar-refractivity contribution in [3.8, 4) is 0 Å². The molecule has 2 aromatic carbocycles. The highest BCUT2D eigenvalue weighted by Gasteiger charge is 2.14. The fraction of sp³-hybridized carbons (Fsp3) is 0.304. The van der Waals surface area contributed by atoms with Crippen molar-refractivity contribution in [1.29, 1.82) is 0 Å². The summed E-state index contributed by atoms with van der Waals surface area (Å²) < 4.78 is 2.07. The minimum Gasteiger partial charge on any atom is -0.358 e. The van der Waals surface area contributed by atoms with Crippen LogP contribution in [0.1, 0.15) is 33.8 Å². The molecule has 0 bridgehead atoms. The van der Waals surface area contributed by atoms with Gasteiger partial charge in [-0.3, -0.25) is 4.79 Å². The van der Waals surface area contributed by atoms with Gasteiger partial charge < -0.3 is 14.9 Å². The van der Waals surface area contributed by atoms with Gasteiger partial charge in [0.25, 0.3) is 0 Å². The molecule has 144 valence electrons. The van der Waals surface area contributed by atoms with Gasteiger partial charge in [-0.1, -0.05) is 17.7 Å². The summed E-state index contributed by atoms with van der Waals surface area (Å²) in [5, 5.41) is 4.21. The number of benzene rings is 2. The molecule has 0 saturated heterocycles. The fourth-order valence-electron chi connectivity index (χ4n) is 3.96. The lowest BCUT2D eigenvalue weighted by atomic mass is 10.0. The molecule has 0 atom stereocenters. The third kappa shape index (κ3) is 3.17. The molecule has 5 heteroatoms. The van der Waals surface area contributed by atoms with Gasteiger partial charge in [-0.05, 0) is 62.6 Å². The average molecular weight is 374 g/mol. The molecular formula is C23H26N4O. The first kappa shape index (κ1) is 18.3. The van der Waals surface area contributed by atoms with Crippen LogP contribution in [-0.4, -0.2) is 20.4 Å². The SMILES string of the molecule is Cc1cc(C)c2[nH]c(C)c(CC(=O)NCc3ccc4c(c3)nc(C)n4C)c2c1. The molecular weight excluding hydrogens is 348 g/mol. The number of hydrogen-bond donors (Lipinski definition) is 2. The maximum absolute atomic E-state index is 12.6. The van der Waals surface area contributed by atoms with Crippen molar-refractivity contribution < 1.29 is 4.79 Å². The highest BCUT2D eigenvalue weighted by molar-refractivity contribution is 5.92. The smallest absolute Gasteiger partial charge is 0.224 e. The number of aromatic nitrogens is 3. The van der Waals surface area contributed by atoms with Crippen LogP contribution in [0.2, 0.25) is 0 Å². The zero-order chi connectivity index (χ0) is 20.0. The lowest BCUT2D eigenvalue weighted by molar-refractivity contribution is -0.120. The van der Waals surface area contributed by atoms with Gasteiger partial charge >= 0.3 is 0 Å². The molecule has 4 aromatic rings. The van der Waals surface area contributed by atoms with Crippen molar-refractivity contribution >= 4 is 27.8 Å². The molecule has 2 aromatic heterocycles. The van der Waals surface area contributed by atoms with Crippen molar-refractivity contribution in [3.05, 3.63) is 64.1 Å². The summed E-state index contributed by atoms with van der Waals surface area (Å²) in [7, 11) is 2.01. The Balaban J connectivity index is 1.51. The van der Waals surface area contributed by atoms with Crippen LogP contribution >= 0.6 is 0 Å². The van der Waals surface area contributed by atoms with E-state index in [1.807, 2.05) is 33.0 Å². The van der Waals surface area contributed by atoms with Crippen LogP contribution in [0.3, 0.4) is 0 Å². The Bertz CT molecular complexity index is 1210. The standard InChI is InChI=1S/C23H26N4O/c1-13-8-14(2)23-19(9-13)18(15(3)25-23)11-22(28)24-12-17-6-7-21-20(10-17)26-16(4)27(21)5/h6-10,25H,11-12H2,1-5H3,(H,24,28). The van der Waals surface area contributed by atoms with E-state index in [9.17, 15) is 4.79 Å². The van der Waals surface area contributed by atoms with Crippen LogP contribution in [-0.2, 0) is 24.8 Å². The van der Waals surface area contributed by atoms with Crippen molar-refractivity contribution in [2.45, 2.75) is 40.7 Å². The van der Waals surface area contributed by atoms with Crippen LogP contribution < -0.4 is 5.32 Å². The van der Waals surface area contributed by atoms with Gasteiger partial charge in [0.05, 0.1) is 17.5 Å². The molecule has 5 nitrogen and oxygen atoms in total. The molecule has 0 unspecified atom stereocenters. The normalized spacial score (nSPS) is 11.5. The van der Waals surface area contributed by atoms with Gasteiger partial charge in [-0.15, -0.1) is 0 Å². The second kappa shape index (κ2) is 6.82. The minimum absolute atomic E-state index is 0.0282. The number of nitrogens with one attached hydrogen (secondary N) is 2. The number of aromatic amines is 1. The Labute approximate surface area is 164 Å². The van der Waals surface area contributed by atoms with E-state index in [-0.39, 0.29) is 5.91 Å². The summed E-state index contributed by atoms with van der Waals surface area (Å²) in [5.74, 6) is 1.01. The Morgan fingerprint density at radius 3 is 2.71 bits per heavy atom. The zero-order valence-corrected chi connectivity index (χ0v) is 17.1. The fourth-order valence-corrected chi connectivity index (χ4v) is 3.96. The molecule has 28 heavy (non-hydrogen) atoms. The Morgan fingerprint density at radius 2 is 1.93 bits per heavy atom. The lowest BCUT2D eigenvalue weighted by Crippen LogP contribution is -2.24. The zero-order valence-electron chi connectivity index (χ0n) is 17.1. The van der Waals surface area contributed by atoms with E-state index in [1.165, 1.54) is 11.1 Å². The second-order valence-electron chi connectivity index (χ2n) is 7.73. The van der Waals surface area contributed by atoms with Gasteiger partial charge in [-0.25, -0.2) is 4.98 Å². The summed E-state index contributed by atoms with van der Waals surface area (Å²) in [5.41, 5.74) is 8.81. The summed E-state index contributed by atoms with van der Waals surface area (Å²) in [6.07, 6.45) is 0.375. The molecule has 0 radical (unpaired) electrons. The number of aryl methyl sites for hydroxylation is 5. The van der Waals surface area contributed by atoms with Crippen LogP contribution in [0.15, 0.2) is 30.3 Å². The van der Waals surface area contributed by atoms with Gasteiger partial charge in [0.1, 0.15) is 5.82 Å². The number of amides is 1. The molecule has 0 aliphatic carbocycles. The van der Waals surface area contributed by atoms with Gasteiger partial charge in [0.15, 0.2) is 0 Å². The third-order valence-corrected chi connectivity index (χ3v) is 5.57. The summed E-state index contributed by atoms with van der Waals surface area (Å²) >= 11 is 0. The molecule has 0 spiro atoms. The van der Waals surface area contributed by atoms with Crippen LogP contribution in [0, 0.1) is 27.7 Å². The molecule has 0 aliphatic rings. The lowest BCUT2D eigenvalue weighted by Gasteiger charge is -2.07. The highest BCUT2D eigenvalue weighted by atomic mass is 16.1. The molecule has 2 heterocycles. The summed E-state index contributed by atoms with van der Waals surface area (Å²) in [6.45, 7) is 8.73. The van der Waals surface area contributed by atoms with E-state index < -0.39 is 0 Å². The highest BCUT2D eigenvalue weighted by Crippen LogP contribution is 2.26. The number of fused-ring (bicyclic) bond motifs is 2. The Hall–Kier alpha value is -3.08. The maximum Gasteiger partial charge on any atom is 0.224 e. The molecule has 2 N–H and O–H groups in total. The monoisotopic (exact) mass is 374 g/mol. The quantitative estimate of drug-likeness (QED) is 0.564. The van der Waals surface area contributed by atoms with E-state index in [2.05, 4.69) is 51.9 Å². The summed E-state index contributed by atoms with van der Waals surface area (Å²) in [6, 6.07) is 10.5. The first-order valence-electron chi connectivity index (χ1n) is 9.60. The van der Waals surface area contributed by atoms with Crippen molar-refractivity contribution in [2.24, 2.45) is 7.05 Å². The minimum atomic E-state index is 0.0282. The Morgan fingerprint density at radius 1 is 1.14 bits per heavy atom. The van der Waals surface area contributed by atoms with E-state index in [0.29, 0.717) is 13.0 Å². The first-order chi connectivity index (χ1) is 13.3. The Kier molecular flexibility index (Phi) is 4.46. The predicted octanol–water partition coefficient (Wildman–Crippen LogP) is 4.15. The molecule has 0 fully saturated rings. The topological polar surface area (TPSA) is 62.7 Å². The number of nitrogens with zero attached hydrogens (tertiary/aromatic N) is 2. The molecule has 0 aliphatic heterocycles. The van der Waals surface area contributed by atoms with Crippen molar-refractivity contribution in [3.63, 3.8) is 0 Å². The van der Waals surface area contributed by atoms with Crippen LogP contribution in [0.25, 0.3) is 21.9 Å². The van der Waals surface area contributed by atoms with Crippen molar-refractivity contribution in [1.82, 2.24) is 19.9 Å². The first-order valence-corrected chi connectivity index (χ1v) is 9.60. The average Bonchev–Trinajstić information content (AvgIpc) is 3.10. The van der Waals surface area contributed by atoms with Crippen molar-refractivity contribution in [2.75, 3.05) is 0 Å². The third-order valence-electron chi connectivity index (χ3n) is 5.57. The summed E-state index contributed by atoms with van der Waals surface area (Å²) in [4.78, 5) is 20.6. The van der Waals surface area contributed by atoms with E-state index in [1.54, 1.807) is 0 Å². The number of carbonyl (C=O) groups excluding carboxylic acids is 1. The number of hydrogen-bond acceptors (Lipinski definition) is 2. The van der Waals surface area contributed by atoms with E-state index in [0.717, 1.165) is 44.6 Å². The predicted molar refractivity (Wildman–Crippen MR) is 114 cm³/mol. The molecule has 4 rings (SSSR count). The van der Waals surface area contributed by atoms with Gasteiger partial charge in [0, 0.05) is 30.2 Å². The second-order valence-corrected chi connectivity index (χ2v) is 7.73. The van der Waals surface area contributed by atoms with Gasteiger partial charge in [0.2, 0.25) is 5.91 Å². The number of imidazole rings is 1. The number of H-pyrrole nitrogens is 1. The number of rotatable bonds is 4.